The number of carboxylic acids is 1. The second-order valence-electron chi connectivity index (χ2n) is 5.08. The van der Waals surface area contributed by atoms with E-state index in [-0.39, 0.29) is 17.9 Å². The van der Waals surface area contributed by atoms with Crippen LogP contribution in [0.5, 0.6) is 0 Å². The van der Waals surface area contributed by atoms with Crippen molar-refractivity contribution >= 4 is 15.8 Å². The summed E-state index contributed by atoms with van der Waals surface area (Å²) in [6, 6.07) is 1.66. The predicted octanol–water partition coefficient (Wildman–Crippen LogP) is 0.590. The zero-order valence-corrected chi connectivity index (χ0v) is 11.0. The summed E-state index contributed by atoms with van der Waals surface area (Å²) < 4.78 is 25.6. The first-order valence-corrected chi connectivity index (χ1v) is 7.53. The van der Waals surface area contributed by atoms with E-state index in [9.17, 15) is 13.2 Å². The molecule has 2 rings (SSSR count). The molecule has 1 aliphatic rings. The van der Waals surface area contributed by atoms with Crippen molar-refractivity contribution in [1.29, 1.82) is 0 Å². The van der Waals surface area contributed by atoms with Crippen molar-refractivity contribution in [3.8, 4) is 0 Å². The normalized spacial score (nSPS) is 17.6. The monoisotopic (exact) mass is 272 g/mol. The lowest BCUT2D eigenvalue weighted by molar-refractivity contribution is -0.138. The van der Waals surface area contributed by atoms with Crippen molar-refractivity contribution < 1.29 is 18.3 Å². The number of aryl methyl sites for hydroxylation is 1. The summed E-state index contributed by atoms with van der Waals surface area (Å²) in [4.78, 5) is 10.7. The first-order chi connectivity index (χ1) is 8.30. The number of nitrogens with zero attached hydrogens (tertiary/aromatic N) is 2. The van der Waals surface area contributed by atoms with Crippen LogP contribution in [0.3, 0.4) is 0 Å². The first kappa shape index (κ1) is 13.1. The number of aliphatic carboxylic acids is 1. The number of rotatable bonds is 6. The highest BCUT2D eigenvalue weighted by Gasteiger charge is 2.47. The molecule has 1 heterocycles. The van der Waals surface area contributed by atoms with Gasteiger partial charge in [-0.15, -0.1) is 0 Å². The highest BCUT2D eigenvalue weighted by molar-refractivity contribution is 7.90. The van der Waals surface area contributed by atoms with E-state index in [2.05, 4.69) is 5.10 Å². The fourth-order valence-electron chi connectivity index (χ4n) is 2.15. The Hall–Kier alpha value is -1.37. The summed E-state index contributed by atoms with van der Waals surface area (Å²) in [5, 5.41) is 12.8. The van der Waals surface area contributed by atoms with Gasteiger partial charge in [0.2, 0.25) is 0 Å². The van der Waals surface area contributed by atoms with Crippen LogP contribution >= 0.6 is 0 Å². The van der Waals surface area contributed by atoms with Gasteiger partial charge in [-0.25, -0.2) is 8.42 Å². The molecule has 0 atom stereocenters. The summed E-state index contributed by atoms with van der Waals surface area (Å²) in [6.07, 6.45) is 2.99. The minimum atomic E-state index is -3.30. The molecule has 1 aromatic heterocycles. The lowest BCUT2D eigenvalue weighted by Crippen LogP contribution is -2.21. The summed E-state index contributed by atoms with van der Waals surface area (Å²) in [6.45, 7) is 0. The Morgan fingerprint density at radius 1 is 1.56 bits per heavy atom. The number of aromatic nitrogens is 2. The highest BCUT2D eigenvalue weighted by Crippen LogP contribution is 2.50. The second-order valence-corrected chi connectivity index (χ2v) is 7.15. The van der Waals surface area contributed by atoms with Gasteiger partial charge in [-0.2, -0.15) is 5.10 Å². The molecule has 1 aromatic rings. The average Bonchev–Trinajstić information content (AvgIpc) is 2.78. The van der Waals surface area contributed by atoms with Crippen LogP contribution < -0.4 is 0 Å². The van der Waals surface area contributed by atoms with Gasteiger partial charge in [0.25, 0.3) is 0 Å². The van der Waals surface area contributed by atoms with E-state index in [0.29, 0.717) is 18.5 Å². The lowest BCUT2D eigenvalue weighted by atomic mass is 10.1. The van der Waals surface area contributed by atoms with Crippen molar-refractivity contribution in [2.45, 2.75) is 25.0 Å². The number of carboxylic acid groups (broad SMARTS) is 1. The molecule has 0 saturated heterocycles. The minimum Gasteiger partial charge on any atom is -0.481 e. The van der Waals surface area contributed by atoms with Crippen LogP contribution in [0.15, 0.2) is 12.3 Å². The largest absolute Gasteiger partial charge is 0.481 e. The SMILES string of the molecule is Cn1ccc(CS(=O)(=O)CC2(CC(=O)O)CC2)n1. The number of carbonyl (C=O) groups is 1. The molecule has 1 N–H and O–H groups in total. The number of hydrogen-bond acceptors (Lipinski definition) is 4. The molecule has 0 bridgehead atoms. The van der Waals surface area contributed by atoms with Crippen LogP contribution in [0.1, 0.15) is 25.0 Å². The number of hydrogen-bond donors (Lipinski definition) is 1. The topological polar surface area (TPSA) is 89.3 Å². The van der Waals surface area contributed by atoms with Crippen LogP contribution in [0.2, 0.25) is 0 Å². The molecule has 18 heavy (non-hydrogen) atoms. The van der Waals surface area contributed by atoms with Crippen LogP contribution in [-0.2, 0) is 27.4 Å². The Morgan fingerprint density at radius 3 is 2.67 bits per heavy atom. The Kier molecular flexibility index (Phi) is 3.18. The summed E-state index contributed by atoms with van der Waals surface area (Å²) in [5.74, 6) is -1.10. The van der Waals surface area contributed by atoms with E-state index in [0.717, 1.165) is 0 Å². The molecule has 0 aromatic carbocycles. The molecule has 0 spiro atoms. The van der Waals surface area contributed by atoms with E-state index in [1.807, 2.05) is 0 Å². The maximum Gasteiger partial charge on any atom is 0.303 e. The Morgan fingerprint density at radius 2 is 2.22 bits per heavy atom. The molecule has 1 fully saturated rings. The van der Waals surface area contributed by atoms with Crippen molar-refractivity contribution in [2.75, 3.05) is 5.75 Å². The second kappa shape index (κ2) is 4.38. The smallest absolute Gasteiger partial charge is 0.303 e. The van der Waals surface area contributed by atoms with Crippen molar-refractivity contribution in [3.05, 3.63) is 18.0 Å². The molecule has 0 radical (unpaired) electrons. The van der Waals surface area contributed by atoms with E-state index >= 15 is 0 Å². The lowest BCUT2D eigenvalue weighted by Gasteiger charge is -2.12. The molecule has 0 aliphatic heterocycles. The van der Waals surface area contributed by atoms with E-state index < -0.39 is 21.2 Å². The molecule has 0 unspecified atom stereocenters. The van der Waals surface area contributed by atoms with Gasteiger partial charge >= 0.3 is 5.97 Å². The quantitative estimate of drug-likeness (QED) is 0.818. The average molecular weight is 272 g/mol. The Bertz CT molecular complexity index is 557. The van der Waals surface area contributed by atoms with Gasteiger partial charge in [0.15, 0.2) is 9.84 Å². The standard InChI is InChI=1S/C11H16N2O4S/c1-13-5-2-9(12-13)7-18(16,17)8-11(3-4-11)6-10(14)15/h2,5H,3-4,6-8H2,1H3,(H,14,15). The van der Waals surface area contributed by atoms with Crippen molar-refractivity contribution in [2.24, 2.45) is 12.5 Å². The summed E-state index contributed by atoms with van der Waals surface area (Å²) in [7, 11) is -1.58. The van der Waals surface area contributed by atoms with E-state index in [1.165, 1.54) is 0 Å². The predicted molar refractivity (Wildman–Crippen MR) is 64.6 cm³/mol. The summed E-state index contributed by atoms with van der Waals surface area (Å²) >= 11 is 0. The Balaban J connectivity index is 2.02. The van der Waals surface area contributed by atoms with Crippen molar-refractivity contribution in [1.82, 2.24) is 9.78 Å². The molecule has 0 amide bonds. The van der Waals surface area contributed by atoms with Gasteiger partial charge in [0.1, 0.15) is 0 Å². The fraction of sp³-hybridized carbons (Fsp3) is 0.636. The molecular formula is C11H16N2O4S. The van der Waals surface area contributed by atoms with Gasteiger partial charge in [0, 0.05) is 13.2 Å². The van der Waals surface area contributed by atoms with Crippen LogP contribution in [0, 0.1) is 5.41 Å². The maximum absolute atomic E-state index is 12.0. The van der Waals surface area contributed by atoms with Gasteiger partial charge in [-0.3, -0.25) is 9.48 Å². The molecule has 100 valence electrons. The van der Waals surface area contributed by atoms with E-state index in [4.69, 9.17) is 5.11 Å². The third-order valence-electron chi connectivity index (χ3n) is 3.15. The highest BCUT2D eigenvalue weighted by atomic mass is 32.2. The Labute approximate surface area is 106 Å². The third-order valence-corrected chi connectivity index (χ3v) is 4.93. The summed E-state index contributed by atoms with van der Waals surface area (Å²) in [5.41, 5.74) is -0.0250. The minimum absolute atomic E-state index is 0.0527. The van der Waals surface area contributed by atoms with Gasteiger partial charge < -0.3 is 5.11 Å². The van der Waals surface area contributed by atoms with Crippen LogP contribution in [0.25, 0.3) is 0 Å². The first-order valence-electron chi connectivity index (χ1n) is 5.71. The maximum atomic E-state index is 12.0. The molecular weight excluding hydrogens is 256 g/mol. The van der Waals surface area contributed by atoms with Crippen LogP contribution in [-0.4, -0.2) is 35.0 Å². The van der Waals surface area contributed by atoms with Crippen LogP contribution in [0.4, 0.5) is 0 Å². The molecule has 1 saturated carbocycles. The zero-order valence-electron chi connectivity index (χ0n) is 10.2. The fourth-order valence-corrected chi connectivity index (χ4v) is 4.18. The molecule has 7 heteroatoms. The number of sulfone groups is 1. The molecule has 6 nitrogen and oxygen atoms in total. The third kappa shape index (κ3) is 3.32. The van der Waals surface area contributed by atoms with E-state index in [1.54, 1.807) is 24.0 Å². The zero-order chi connectivity index (χ0) is 13.4. The van der Waals surface area contributed by atoms with Gasteiger partial charge in [0.05, 0.1) is 23.6 Å². The molecule has 1 aliphatic carbocycles. The van der Waals surface area contributed by atoms with Gasteiger partial charge in [-0.1, -0.05) is 0 Å². The van der Waals surface area contributed by atoms with Crippen molar-refractivity contribution in [3.63, 3.8) is 0 Å². The van der Waals surface area contributed by atoms with Gasteiger partial charge in [-0.05, 0) is 24.3 Å².